The molecule has 0 aromatic carbocycles. The molecule has 0 saturated carbocycles. The number of aliphatic hydroxyl groups excluding tert-OH is 2. The second-order valence-corrected chi connectivity index (χ2v) is 3.38. The van der Waals surface area contributed by atoms with Crippen molar-refractivity contribution < 1.29 is 10.2 Å². The summed E-state index contributed by atoms with van der Waals surface area (Å²) in [5.74, 6) is 0.579. The molecule has 0 amide bonds. The van der Waals surface area contributed by atoms with Gasteiger partial charge in [-0.2, -0.15) is 0 Å². The zero-order valence-electron chi connectivity index (χ0n) is 7.33. The summed E-state index contributed by atoms with van der Waals surface area (Å²) in [7, 11) is 0. The Morgan fingerprint density at radius 2 is 1.82 bits per heavy atom. The molecule has 11 heavy (non-hydrogen) atoms. The number of aliphatic hydroxyl groups is 2. The standard InChI is InChI=1S/C8H19NO2/c1-6(2)3-4-8(11)7(9)5-10/h6-8,10-11H,3-5,9H2,1-2H3. The van der Waals surface area contributed by atoms with Crippen molar-refractivity contribution in [3.8, 4) is 0 Å². The molecule has 0 rings (SSSR count). The van der Waals surface area contributed by atoms with Crippen LogP contribution < -0.4 is 5.73 Å². The third-order valence-corrected chi connectivity index (χ3v) is 1.74. The van der Waals surface area contributed by atoms with Crippen LogP contribution in [0.4, 0.5) is 0 Å². The van der Waals surface area contributed by atoms with Crippen LogP contribution in [0.15, 0.2) is 0 Å². The van der Waals surface area contributed by atoms with E-state index >= 15 is 0 Å². The van der Waals surface area contributed by atoms with Crippen LogP contribution in [0.25, 0.3) is 0 Å². The fraction of sp³-hybridized carbons (Fsp3) is 1.00. The fourth-order valence-corrected chi connectivity index (χ4v) is 0.840. The van der Waals surface area contributed by atoms with Crippen LogP contribution in [-0.4, -0.2) is 29.0 Å². The monoisotopic (exact) mass is 161 g/mol. The smallest absolute Gasteiger partial charge is 0.0713 e. The van der Waals surface area contributed by atoms with Gasteiger partial charge in [0.15, 0.2) is 0 Å². The van der Waals surface area contributed by atoms with Gasteiger partial charge in [-0.05, 0) is 18.8 Å². The minimum absolute atomic E-state index is 0.140. The summed E-state index contributed by atoms with van der Waals surface area (Å²) in [6, 6.07) is -0.478. The lowest BCUT2D eigenvalue weighted by molar-refractivity contribution is 0.0966. The summed E-state index contributed by atoms with van der Waals surface area (Å²) in [4.78, 5) is 0. The molecule has 0 aromatic rings. The van der Waals surface area contributed by atoms with Gasteiger partial charge in [0, 0.05) is 0 Å². The lowest BCUT2D eigenvalue weighted by Crippen LogP contribution is -2.37. The molecule has 0 aliphatic heterocycles. The molecule has 0 heterocycles. The maximum absolute atomic E-state index is 9.28. The highest BCUT2D eigenvalue weighted by Gasteiger charge is 2.13. The van der Waals surface area contributed by atoms with Crippen LogP contribution in [0.3, 0.4) is 0 Å². The van der Waals surface area contributed by atoms with Gasteiger partial charge in [0.05, 0.1) is 18.8 Å². The van der Waals surface area contributed by atoms with Gasteiger partial charge in [0.2, 0.25) is 0 Å². The predicted octanol–water partition coefficient (Wildman–Crippen LogP) is 0.103. The van der Waals surface area contributed by atoms with E-state index in [9.17, 15) is 5.11 Å². The van der Waals surface area contributed by atoms with Gasteiger partial charge in [0.1, 0.15) is 0 Å². The number of hydrogen-bond acceptors (Lipinski definition) is 3. The van der Waals surface area contributed by atoms with Crippen molar-refractivity contribution in [1.82, 2.24) is 0 Å². The first-order chi connectivity index (χ1) is 5.07. The van der Waals surface area contributed by atoms with Crippen LogP contribution in [0.5, 0.6) is 0 Å². The number of nitrogens with two attached hydrogens (primary N) is 1. The fourth-order valence-electron chi connectivity index (χ4n) is 0.840. The van der Waals surface area contributed by atoms with Gasteiger partial charge in [-0.3, -0.25) is 0 Å². The van der Waals surface area contributed by atoms with Crippen molar-refractivity contribution in [2.24, 2.45) is 11.7 Å². The van der Waals surface area contributed by atoms with Crippen LogP contribution in [-0.2, 0) is 0 Å². The van der Waals surface area contributed by atoms with E-state index in [0.29, 0.717) is 12.3 Å². The third-order valence-electron chi connectivity index (χ3n) is 1.74. The van der Waals surface area contributed by atoms with E-state index in [1.54, 1.807) is 0 Å². The minimum atomic E-state index is -0.553. The van der Waals surface area contributed by atoms with Crippen LogP contribution >= 0.6 is 0 Å². The number of rotatable bonds is 5. The second-order valence-electron chi connectivity index (χ2n) is 3.38. The average Bonchev–Trinajstić information content (AvgIpc) is 1.98. The molecule has 0 spiro atoms. The second kappa shape index (κ2) is 5.52. The van der Waals surface area contributed by atoms with Gasteiger partial charge >= 0.3 is 0 Å². The molecule has 0 aliphatic rings. The SMILES string of the molecule is CC(C)CCC(O)C(N)CO. The first-order valence-corrected chi connectivity index (χ1v) is 4.12. The summed E-state index contributed by atoms with van der Waals surface area (Å²) < 4.78 is 0. The topological polar surface area (TPSA) is 66.5 Å². The quantitative estimate of drug-likeness (QED) is 0.536. The first kappa shape index (κ1) is 10.9. The average molecular weight is 161 g/mol. The van der Waals surface area contributed by atoms with E-state index in [1.165, 1.54) is 0 Å². The molecule has 3 heteroatoms. The third kappa shape index (κ3) is 5.18. The molecule has 0 bridgehead atoms. The molecule has 68 valence electrons. The summed E-state index contributed by atoms with van der Waals surface area (Å²) in [6.45, 7) is 4.05. The molecule has 0 fully saturated rings. The van der Waals surface area contributed by atoms with Crippen molar-refractivity contribution >= 4 is 0 Å². The lowest BCUT2D eigenvalue weighted by Gasteiger charge is -2.16. The van der Waals surface area contributed by atoms with E-state index in [0.717, 1.165) is 6.42 Å². The van der Waals surface area contributed by atoms with Crippen LogP contribution in [0.1, 0.15) is 26.7 Å². The maximum atomic E-state index is 9.28. The highest BCUT2D eigenvalue weighted by atomic mass is 16.3. The Morgan fingerprint density at radius 1 is 1.27 bits per heavy atom. The molecule has 0 aliphatic carbocycles. The zero-order chi connectivity index (χ0) is 8.85. The molecule has 0 aromatic heterocycles. The van der Waals surface area contributed by atoms with Crippen LogP contribution in [0.2, 0.25) is 0 Å². The summed E-state index contributed by atoms with van der Waals surface area (Å²) in [5.41, 5.74) is 5.40. The maximum Gasteiger partial charge on any atom is 0.0713 e. The van der Waals surface area contributed by atoms with Gasteiger partial charge in [-0.25, -0.2) is 0 Å². The van der Waals surface area contributed by atoms with Crippen LogP contribution in [0, 0.1) is 5.92 Å². The highest BCUT2D eigenvalue weighted by molar-refractivity contribution is 4.70. The predicted molar refractivity (Wildman–Crippen MR) is 45.1 cm³/mol. The van der Waals surface area contributed by atoms with Crippen molar-refractivity contribution in [3.63, 3.8) is 0 Å². The molecular formula is C8H19NO2. The highest BCUT2D eigenvalue weighted by Crippen LogP contribution is 2.07. The summed E-state index contributed by atoms with van der Waals surface area (Å²) in [6.07, 6.45) is 1.08. The molecule has 2 unspecified atom stereocenters. The Bertz CT molecular complexity index is 96.1. The molecule has 2 atom stereocenters. The van der Waals surface area contributed by atoms with Gasteiger partial charge in [0.25, 0.3) is 0 Å². The lowest BCUT2D eigenvalue weighted by atomic mass is 10.0. The van der Waals surface area contributed by atoms with E-state index in [4.69, 9.17) is 10.8 Å². The normalized spacial score (nSPS) is 16.9. The molecule has 0 radical (unpaired) electrons. The van der Waals surface area contributed by atoms with E-state index in [-0.39, 0.29) is 6.61 Å². The van der Waals surface area contributed by atoms with Crippen molar-refractivity contribution in [3.05, 3.63) is 0 Å². The summed E-state index contributed by atoms with van der Waals surface area (Å²) >= 11 is 0. The largest absolute Gasteiger partial charge is 0.395 e. The molecule has 0 saturated heterocycles. The van der Waals surface area contributed by atoms with E-state index < -0.39 is 12.1 Å². The molecule has 3 nitrogen and oxygen atoms in total. The molecule has 4 N–H and O–H groups in total. The summed E-state index contributed by atoms with van der Waals surface area (Å²) in [5, 5.41) is 17.9. The molecular weight excluding hydrogens is 142 g/mol. The van der Waals surface area contributed by atoms with E-state index in [2.05, 4.69) is 13.8 Å². The Hall–Kier alpha value is -0.120. The van der Waals surface area contributed by atoms with Gasteiger partial charge in [-0.15, -0.1) is 0 Å². The Labute approximate surface area is 68.2 Å². The Kier molecular flexibility index (Phi) is 5.46. The van der Waals surface area contributed by atoms with Crippen molar-refractivity contribution in [2.75, 3.05) is 6.61 Å². The zero-order valence-corrected chi connectivity index (χ0v) is 7.33. The number of hydrogen-bond donors (Lipinski definition) is 3. The Morgan fingerprint density at radius 3 is 2.18 bits per heavy atom. The minimum Gasteiger partial charge on any atom is -0.395 e. The van der Waals surface area contributed by atoms with Crippen molar-refractivity contribution in [1.29, 1.82) is 0 Å². The Balaban J connectivity index is 3.43. The van der Waals surface area contributed by atoms with E-state index in [1.807, 2.05) is 0 Å². The van der Waals surface area contributed by atoms with Gasteiger partial charge in [-0.1, -0.05) is 13.8 Å². The van der Waals surface area contributed by atoms with Crippen molar-refractivity contribution in [2.45, 2.75) is 38.8 Å². The van der Waals surface area contributed by atoms with Gasteiger partial charge < -0.3 is 15.9 Å². The first-order valence-electron chi connectivity index (χ1n) is 4.12.